The Morgan fingerprint density at radius 1 is 1.18 bits per heavy atom. The van der Waals surface area contributed by atoms with Gasteiger partial charge in [0.2, 0.25) is 10.0 Å². The SMILES string of the molecule is CNS(=O)(=O)c1cccc([C@@H](C)N[C@H](C)c2cnn(C)c2)c1. The lowest BCUT2D eigenvalue weighted by Crippen LogP contribution is -2.23. The summed E-state index contributed by atoms with van der Waals surface area (Å²) in [6.07, 6.45) is 3.79. The summed E-state index contributed by atoms with van der Waals surface area (Å²) in [7, 11) is -0.131. The number of hydrogen-bond acceptors (Lipinski definition) is 4. The highest BCUT2D eigenvalue weighted by atomic mass is 32.2. The largest absolute Gasteiger partial charge is 0.304 e. The summed E-state index contributed by atoms with van der Waals surface area (Å²) in [4.78, 5) is 0.273. The highest BCUT2D eigenvalue weighted by Crippen LogP contribution is 2.21. The van der Waals surface area contributed by atoms with E-state index in [-0.39, 0.29) is 17.0 Å². The first-order chi connectivity index (χ1) is 10.3. The summed E-state index contributed by atoms with van der Waals surface area (Å²) in [5, 5.41) is 7.62. The maximum atomic E-state index is 11.9. The Morgan fingerprint density at radius 3 is 2.45 bits per heavy atom. The van der Waals surface area contributed by atoms with Gasteiger partial charge >= 0.3 is 0 Å². The van der Waals surface area contributed by atoms with Gasteiger partial charge in [-0.3, -0.25) is 4.68 Å². The maximum Gasteiger partial charge on any atom is 0.240 e. The van der Waals surface area contributed by atoms with E-state index in [0.717, 1.165) is 11.1 Å². The normalized spacial score (nSPS) is 14.7. The lowest BCUT2D eigenvalue weighted by atomic mass is 10.1. The van der Waals surface area contributed by atoms with Crippen LogP contribution in [-0.2, 0) is 17.1 Å². The number of sulfonamides is 1. The monoisotopic (exact) mass is 322 g/mol. The second kappa shape index (κ2) is 6.60. The summed E-state index contributed by atoms with van der Waals surface area (Å²) >= 11 is 0. The van der Waals surface area contributed by atoms with Crippen LogP contribution in [0.2, 0.25) is 0 Å². The van der Waals surface area contributed by atoms with Crippen molar-refractivity contribution < 1.29 is 8.42 Å². The number of aryl methyl sites for hydroxylation is 1. The average Bonchev–Trinajstić information content (AvgIpc) is 2.94. The molecule has 0 aliphatic carbocycles. The predicted molar refractivity (Wildman–Crippen MR) is 85.9 cm³/mol. The van der Waals surface area contributed by atoms with E-state index >= 15 is 0 Å². The van der Waals surface area contributed by atoms with Crippen molar-refractivity contribution in [2.45, 2.75) is 30.8 Å². The van der Waals surface area contributed by atoms with Crippen LogP contribution in [0.4, 0.5) is 0 Å². The number of nitrogens with one attached hydrogen (secondary N) is 2. The van der Waals surface area contributed by atoms with Crippen molar-refractivity contribution in [2.24, 2.45) is 7.05 Å². The van der Waals surface area contributed by atoms with E-state index in [1.165, 1.54) is 7.05 Å². The molecule has 22 heavy (non-hydrogen) atoms. The van der Waals surface area contributed by atoms with Crippen molar-refractivity contribution in [3.05, 3.63) is 47.8 Å². The third-order valence-corrected chi connectivity index (χ3v) is 5.07. The zero-order valence-corrected chi connectivity index (χ0v) is 14.1. The molecule has 2 aromatic rings. The van der Waals surface area contributed by atoms with Crippen molar-refractivity contribution >= 4 is 10.0 Å². The zero-order valence-electron chi connectivity index (χ0n) is 13.2. The molecule has 0 aliphatic heterocycles. The Morgan fingerprint density at radius 2 is 1.86 bits per heavy atom. The van der Waals surface area contributed by atoms with Crippen LogP contribution in [0.15, 0.2) is 41.6 Å². The average molecular weight is 322 g/mol. The third kappa shape index (κ3) is 3.73. The summed E-state index contributed by atoms with van der Waals surface area (Å²) in [5.41, 5.74) is 2.01. The van der Waals surface area contributed by atoms with E-state index in [2.05, 4.69) is 22.1 Å². The van der Waals surface area contributed by atoms with Crippen LogP contribution < -0.4 is 10.0 Å². The van der Waals surface area contributed by atoms with Gasteiger partial charge in [0.15, 0.2) is 0 Å². The molecule has 0 saturated heterocycles. The molecule has 120 valence electrons. The number of benzene rings is 1. The predicted octanol–water partition coefficient (Wildman–Crippen LogP) is 1.74. The van der Waals surface area contributed by atoms with E-state index in [9.17, 15) is 8.42 Å². The van der Waals surface area contributed by atoms with Crippen molar-refractivity contribution in [1.29, 1.82) is 0 Å². The fraction of sp³-hybridized carbons (Fsp3) is 0.400. The Balaban J connectivity index is 2.16. The molecule has 1 heterocycles. The van der Waals surface area contributed by atoms with Gasteiger partial charge in [0.25, 0.3) is 0 Å². The first kappa shape index (κ1) is 16.7. The zero-order chi connectivity index (χ0) is 16.3. The van der Waals surface area contributed by atoms with Crippen LogP contribution in [0, 0.1) is 0 Å². The summed E-state index contributed by atoms with van der Waals surface area (Å²) < 4.78 is 27.9. The van der Waals surface area contributed by atoms with E-state index < -0.39 is 10.0 Å². The molecule has 6 nitrogen and oxygen atoms in total. The quantitative estimate of drug-likeness (QED) is 0.849. The first-order valence-corrected chi connectivity index (χ1v) is 8.60. The molecule has 0 unspecified atom stereocenters. The van der Waals surface area contributed by atoms with Gasteiger partial charge in [0.1, 0.15) is 0 Å². The van der Waals surface area contributed by atoms with Crippen molar-refractivity contribution in [1.82, 2.24) is 19.8 Å². The molecule has 0 aliphatic rings. The highest BCUT2D eigenvalue weighted by Gasteiger charge is 2.16. The van der Waals surface area contributed by atoms with E-state index in [1.54, 1.807) is 22.9 Å². The second-order valence-electron chi connectivity index (χ2n) is 5.34. The van der Waals surface area contributed by atoms with Crippen LogP contribution in [0.3, 0.4) is 0 Å². The molecule has 1 aromatic heterocycles. The smallest absolute Gasteiger partial charge is 0.240 e. The Hall–Kier alpha value is -1.70. The van der Waals surface area contributed by atoms with Gasteiger partial charge in [0, 0.05) is 30.9 Å². The fourth-order valence-electron chi connectivity index (χ4n) is 2.30. The van der Waals surface area contributed by atoms with Crippen LogP contribution in [0.5, 0.6) is 0 Å². The van der Waals surface area contributed by atoms with Crippen molar-refractivity contribution in [3.63, 3.8) is 0 Å². The minimum absolute atomic E-state index is 0.0159. The highest BCUT2D eigenvalue weighted by molar-refractivity contribution is 7.89. The second-order valence-corrected chi connectivity index (χ2v) is 7.22. The summed E-state index contributed by atoms with van der Waals surface area (Å²) in [5.74, 6) is 0. The fourth-order valence-corrected chi connectivity index (χ4v) is 3.08. The van der Waals surface area contributed by atoms with Crippen molar-refractivity contribution in [3.8, 4) is 0 Å². The Kier molecular flexibility index (Phi) is 5.00. The van der Waals surface area contributed by atoms with Crippen LogP contribution >= 0.6 is 0 Å². The van der Waals surface area contributed by atoms with Gasteiger partial charge in [-0.1, -0.05) is 12.1 Å². The van der Waals surface area contributed by atoms with Gasteiger partial charge in [-0.2, -0.15) is 5.10 Å². The van der Waals surface area contributed by atoms with Gasteiger partial charge < -0.3 is 5.32 Å². The molecule has 2 atom stereocenters. The molecule has 1 aromatic carbocycles. The van der Waals surface area contributed by atoms with Crippen LogP contribution in [-0.4, -0.2) is 25.2 Å². The van der Waals surface area contributed by atoms with Gasteiger partial charge in [-0.15, -0.1) is 0 Å². The number of aromatic nitrogens is 2. The minimum Gasteiger partial charge on any atom is -0.304 e. The van der Waals surface area contributed by atoms with Crippen LogP contribution in [0.1, 0.15) is 37.1 Å². The van der Waals surface area contributed by atoms with E-state index in [0.29, 0.717) is 0 Å². The molecule has 2 N–H and O–H groups in total. The maximum absolute atomic E-state index is 11.9. The summed E-state index contributed by atoms with van der Waals surface area (Å²) in [6.45, 7) is 4.07. The Bertz CT molecular complexity index is 740. The first-order valence-electron chi connectivity index (χ1n) is 7.11. The molecule has 0 radical (unpaired) electrons. The van der Waals surface area contributed by atoms with Gasteiger partial charge in [-0.05, 0) is 38.6 Å². The Labute approximate surface area is 131 Å². The molecule has 0 saturated carbocycles. The summed E-state index contributed by atoms with van der Waals surface area (Å²) in [6, 6.07) is 7.09. The third-order valence-electron chi connectivity index (χ3n) is 3.66. The molecule has 7 heteroatoms. The van der Waals surface area contributed by atoms with Gasteiger partial charge in [0.05, 0.1) is 11.1 Å². The van der Waals surface area contributed by atoms with Crippen molar-refractivity contribution in [2.75, 3.05) is 7.05 Å². The topological polar surface area (TPSA) is 76.0 Å². The lowest BCUT2D eigenvalue weighted by Gasteiger charge is -2.20. The number of rotatable bonds is 6. The molecule has 0 spiro atoms. The standard InChI is InChI=1S/C15H22N4O2S/c1-11(18-12(2)14-9-17-19(4)10-14)13-6-5-7-15(8-13)22(20,21)16-3/h5-12,16,18H,1-4H3/t11-,12-/m1/s1. The van der Waals surface area contributed by atoms with E-state index in [1.807, 2.05) is 32.4 Å². The molecule has 0 bridgehead atoms. The van der Waals surface area contributed by atoms with Crippen LogP contribution in [0.25, 0.3) is 0 Å². The molecule has 0 amide bonds. The lowest BCUT2D eigenvalue weighted by molar-refractivity contribution is 0.493. The molecule has 0 fully saturated rings. The number of nitrogens with zero attached hydrogens (tertiary/aromatic N) is 2. The molecular weight excluding hydrogens is 300 g/mol. The number of hydrogen-bond donors (Lipinski definition) is 2. The minimum atomic E-state index is -3.42. The molecular formula is C15H22N4O2S. The van der Waals surface area contributed by atoms with Gasteiger partial charge in [-0.25, -0.2) is 13.1 Å². The van der Waals surface area contributed by atoms with E-state index in [4.69, 9.17) is 0 Å². The molecule has 2 rings (SSSR count).